The Balaban J connectivity index is 2.74. The fourth-order valence-corrected chi connectivity index (χ4v) is 1.55. The molecule has 1 fully saturated rings. The zero-order valence-corrected chi connectivity index (χ0v) is 9.07. The van der Waals surface area contributed by atoms with E-state index in [0.29, 0.717) is 12.8 Å². The van der Waals surface area contributed by atoms with E-state index in [9.17, 15) is 31.1 Å². The lowest BCUT2D eigenvalue weighted by Crippen LogP contribution is -2.49. The second-order valence-corrected chi connectivity index (χ2v) is 3.90. The smallest absolute Gasteiger partial charge is 0.337 e. The first-order valence-electron chi connectivity index (χ1n) is 5.19. The summed E-state index contributed by atoms with van der Waals surface area (Å²) in [6, 6.07) is 0. The average molecular weight is 279 g/mol. The number of alkyl halides is 6. The van der Waals surface area contributed by atoms with Gasteiger partial charge in [-0.25, -0.2) is 0 Å². The number of nitrogens with one attached hydrogen (secondary N) is 1. The van der Waals surface area contributed by atoms with Crippen LogP contribution >= 0.6 is 0 Å². The summed E-state index contributed by atoms with van der Waals surface area (Å²) in [5, 5.41) is 1.99. The molecule has 18 heavy (non-hydrogen) atoms. The Hall–Kier alpha value is -0.990. The van der Waals surface area contributed by atoms with Crippen molar-refractivity contribution in [2.24, 2.45) is 0 Å². The van der Waals surface area contributed by atoms with Crippen molar-refractivity contribution in [3.8, 4) is 0 Å². The molecule has 1 N–H and O–H groups in total. The van der Waals surface area contributed by atoms with E-state index in [1.165, 1.54) is 0 Å². The van der Waals surface area contributed by atoms with Gasteiger partial charge in [0, 0.05) is 6.42 Å². The molecule has 3 nitrogen and oxygen atoms in total. The van der Waals surface area contributed by atoms with Crippen LogP contribution in [0, 0.1) is 0 Å². The lowest BCUT2D eigenvalue weighted by molar-refractivity contribution is -0.332. The van der Waals surface area contributed by atoms with Crippen LogP contribution in [-0.4, -0.2) is 30.6 Å². The minimum absolute atomic E-state index is 0.0720. The summed E-state index contributed by atoms with van der Waals surface area (Å²) < 4.78 is 77.3. The fraction of sp³-hybridized carbons (Fsp3) is 0.889. The van der Waals surface area contributed by atoms with Crippen LogP contribution in [-0.2, 0) is 9.53 Å². The van der Waals surface area contributed by atoms with Gasteiger partial charge in [0.15, 0.2) is 0 Å². The predicted octanol–water partition coefficient (Wildman–Crippen LogP) is 2.51. The molecule has 9 heteroatoms. The highest BCUT2D eigenvalue weighted by atomic mass is 19.4. The minimum Gasteiger partial charge on any atom is -0.337 e. The average Bonchev–Trinajstić information content (AvgIpc) is 2.35. The SMILES string of the molecule is O=C1CCCCC(OC(C(F)(F)F)C(F)(F)F)N1. The molecule has 1 saturated heterocycles. The van der Waals surface area contributed by atoms with Crippen molar-refractivity contribution in [2.75, 3.05) is 0 Å². The molecule has 0 saturated carbocycles. The molecule has 0 radical (unpaired) electrons. The van der Waals surface area contributed by atoms with Gasteiger partial charge in [0.2, 0.25) is 5.91 Å². The summed E-state index contributed by atoms with van der Waals surface area (Å²) in [7, 11) is 0. The summed E-state index contributed by atoms with van der Waals surface area (Å²) in [6.45, 7) is 0. The van der Waals surface area contributed by atoms with Crippen molar-refractivity contribution in [1.82, 2.24) is 5.32 Å². The first-order valence-corrected chi connectivity index (χ1v) is 5.19. The lowest BCUT2D eigenvalue weighted by Gasteiger charge is -2.27. The van der Waals surface area contributed by atoms with Crippen LogP contribution < -0.4 is 5.32 Å². The third-order valence-electron chi connectivity index (χ3n) is 2.34. The number of amides is 1. The molecule has 1 aliphatic rings. The summed E-state index contributed by atoms with van der Waals surface area (Å²) in [5.41, 5.74) is 0. The number of hydrogen-bond acceptors (Lipinski definition) is 2. The van der Waals surface area contributed by atoms with Crippen molar-refractivity contribution in [2.45, 2.75) is 50.4 Å². The maximum absolute atomic E-state index is 12.2. The number of hydrogen-bond donors (Lipinski definition) is 1. The monoisotopic (exact) mass is 279 g/mol. The largest absolute Gasteiger partial charge is 0.423 e. The first kappa shape index (κ1) is 15.1. The summed E-state index contributed by atoms with van der Waals surface area (Å²) in [4.78, 5) is 11.0. The molecule has 1 rings (SSSR count). The van der Waals surface area contributed by atoms with Gasteiger partial charge in [-0.15, -0.1) is 0 Å². The molecule has 1 unspecified atom stereocenters. The van der Waals surface area contributed by atoms with Gasteiger partial charge in [-0.1, -0.05) is 0 Å². The summed E-state index contributed by atoms with van der Waals surface area (Å²) >= 11 is 0. The Labute approximate surface area is 98.5 Å². The van der Waals surface area contributed by atoms with E-state index in [1.54, 1.807) is 0 Å². The van der Waals surface area contributed by atoms with Gasteiger partial charge < -0.3 is 10.1 Å². The van der Waals surface area contributed by atoms with Crippen molar-refractivity contribution in [3.05, 3.63) is 0 Å². The van der Waals surface area contributed by atoms with Crippen molar-refractivity contribution in [1.29, 1.82) is 0 Å². The topological polar surface area (TPSA) is 38.3 Å². The molecule has 1 atom stereocenters. The third-order valence-corrected chi connectivity index (χ3v) is 2.34. The summed E-state index contributed by atoms with van der Waals surface area (Å²) in [6.07, 6.45) is -15.8. The van der Waals surface area contributed by atoms with Gasteiger partial charge in [0.05, 0.1) is 0 Å². The van der Waals surface area contributed by atoms with Gasteiger partial charge >= 0.3 is 12.4 Å². The highest BCUT2D eigenvalue weighted by Gasteiger charge is 2.58. The number of carbonyl (C=O) groups is 1. The second-order valence-electron chi connectivity index (χ2n) is 3.90. The van der Waals surface area contributed by atoms with E-state index < -0.39 is 30.6 Å². The molecule has 0 aromatic rings. The molecule has 1 heterocycles. The van der Waals surface area contributed by atoms with Crippen LogP contribution in [0.4, 0.5) is 26.3 Å². The number of halogens is 6. The molecule has 1 aliphatic heterocycles. The van der Waals surface area contributed by atoms with E-state index in [2.05, 4.69) is 4.74 Å². The Morgan fingerprint density at radius 1 is 1.11 bits per heavy atom. The Kier molecular flexibility index (Phi) is 4.46. The maximum Gasteiger partial charge on any atom is 0.423 e. The molecule has 0 spiro atoms. The normalized spacial score (nSPS) is 22.8. The lowest BCUT2D eigenvalue weighted by atomic mass is 10.2. The Bertz CT molecular complexity index is 286. The van der Waals surface area contributed by atoms with Gasteiger partial charge in [-0.2, -0.15) is 26.3 Å². The van der Waals surface area contributed by atoms with E-state index in [0.717, 1.165) is 0 Å². The van der Waals surface area contributed by atoms with Crippen molar-refractivity contribution in [3.63, 3.8) is 0 Å². The van der Waals surface area contributed by atoms with Gasteiger partial charge in [-0.3, -0.25) is 4.79 Å². The Morgan fingerprint density at radius 2 is 1.67 bits per heavy atom. The summed E-state index contributed by atoms with van der Waals surface area (Å²) in [5.74, 6) is -0.611. The number of ether oxygens (including phenoxy) is 1. The van der Waals surface area contributed by atoms with Gasteiger partial charge in [0.25, 0.3) is 6.10 Å². The fourth-order valence-electron chi connectivity index (χ4n) is 1.55. The van der Waals surface area contributed by atoms with Crippen LogP contribution in [0.1, 0.15) is 25.7 Å². The molecule has 0 aromatic heterocycles. The molecule has 0 aromatic carbocycles. The quantitative estimate of drug-likeness (QED) is 0.789. The highest BCUT2D eigenvalue weighted by Crippen LogP contribution is 2.36. The number of rotatable bonds is 2. The molecule has 0 bridgehead atoms. The van der Waals surface area contributed by atoms with E-state index in [1.807, 2.05) is 5.32 Å². The minimum atomic E-state index is -5.56. The van der Waals surface area contributed by atoms with E-state index in [-0.39, 0.29) is 12.8 Å². The van der Waals surface area contributed by atoms with Crippen molar-refractivity contribution < 1.29 is 35.9 Å². The van der Waals surface area contributed by atoms with E-state index >= 15 is 0 Å². The van der Waals surface area contributed by atoms with Crippen LogP contribution in [0.15, 0.2) is 0 Å². The van der Waals surface area contributed by atoms with E-state index in [4.69, 9.17) is 0 Å². The Morgan fingerprint density at radius 3 is 2.17 bits per heavy atom. The van der Waals surface area contributed by atoms with Crippen LogP contribution in [0.3, 0.4) is 0 Å². The molecule has 1 amide bonds. The van der Waals surface area contributed by atoms with Gasteiger partial charge in [0.1, 0.15) is 6.23 Å². The molecule has 106 valence electrons. The third kappa shape index (κ3) is 4.35. The number of carbonyl (C=O) groups excluding carboxylic acids is 1. The predicted molar refractivity (Wildman–Crippen MR) is 47.4 cm³/mol. The van der Waals surface area contributed by atoms with Crippen molar-refractivity contribution >= 4 is 5.91 Å². The molecule has 0 aliphatic carbocycles. The second kappa shape index (κ2) is 5.33. The van der Waals surface area contributed by atoms with Crippen LogP contribution in [0.2, 0.25) is 0 Å². The van der Waals surface area contributed by atoms with Crippen LogP contribution in [0.5, 0.6) is 0 Å². The van der Waals surface area contributed by atoms with Gasteiger partial charge in [-0.05, 0) is 19.3 Å². The zero-order valence-electron chi connectivity index (χ0n) is 9.07. The molecular formula is C9H11F6NO2. The van der Waals surface area contributed by atoms with Crippen LogP contribution in [0.25, 0.3) is 0 Å². The molecular weight excluding hydrogens is 268 g/mol. The standard InChI is InChI=1S/C9H11F6NO2/c10-8(11,12)7(9(13,14)15)18-6-4-2-1-3-5(17)16-6/h6-7H,1-4H2,(H,16,17). The first-order chi connectivity index (χ1) is 8.10. The zero-order chi connectivity index (χ0) is 14.0. The maximum atomic E-state index is 12.2. The highest BCUT2D eigenvalue weighted by molar-refractivity contribution is 5.76.